The molecule has 4 heteroatoms. The van der Waals surface area contributed by atoms with Gasteiger partial charge < -0.3 is 20.3 Å². The molecular formula is C9H19NO3. The standard InChI is InChI=1S/C9H19NO3/c11-5-3-1-2-4-10-8-6-13-7-9(8)12/h8-12H,1-7H2/t8-,9-/m1/s1. The third kappa shape index (κ3) is 4.04. The van der Waals surface area contributed by atoms with Crippen LogP contribution in [-0.4, -0.2) is 48.7 Å². The molecular weight excluding hydrogens is 170 g/mol. The molecule has 3 N–H and O–H groups in total. The van der Waals surface area contributed by atoms with Crippen molar-refractivity contribution < 1.29 is 14.9 Å². The lowest BCUT2D eigenvalue weighted by atomic mass is 10.2. The summed E-state index contributed by atoms with van der Waals surface area (Å²) in [5, 5.41) is 21.1. The normalized spacial score (nSPS) is 28.2. The van der Waals surface area contributed by atoms with Gasteiger partial charge in [0.05, 0.1) is 25.4 Å². The first-order valence-corrected chi connectivity index (χ1v) is 4.94. The van der Waals surface area contributed by atoms with E-state index >= 15 is 0 Å². The fraction of sp³-hybridized carbons (Fsp3) is 1.00. The van der Waals surface area contributed by atoms with Crippen LogP contribution in [-0.2, 0) is 4.74 Å². The molecule has 1 aliphatic heterocycles. The minimum absolute atomic E-state index is 0.106. The van der Waals surface area contributed by atoms with Gasteiger partial charge in [0.1, 0.15) is 0 Å². The molecule has 4 nitrogen and oxygen atoms in total. The first-order chi connectivity index (χ1) is 6.34. The van der Waals surface area contributed by atoms with E-state index in [-0.39, 0.29) is 18.8 Å². The van der Waals surface area contributed by atoms with E-state index in [1.165, 1.54) is 0 Å². The summed E-state index contributed by atoms with van der Waals surface area (Å²) in [6.45, 7) is 2.23. The van der Waals surface area contributed by atoms with E-state index in [9.17, 15) is 5.11 Å². The Morgan fingerprint density at radius 1 is 1.23 bits per heavy atom. The van der Waals surface area contributed by atoms with Gasteiger partial charge in [0.2, 0.25) is 0 Å². The lowest BCUT2D eigenvalue weighted by Crippen LogP contribution is -2.39. The van der Waals surface area contributed by atoms with Gasteiger partial charge in [-0.15, -0.1) is 0 Å². The topological polar surface area (TPSA) is 61.7 Å². The maximum absolute atomic E-state index is 9.36. The highest BCUT2D eigenvalue weighted by Gasteiger charge is 2.24. The molecule has 0 aliphatic carbocycles. The number of rotatable bonds is 6. The Morgan fingerprint density at radius 3 is 2.69 bits per heavy atom. The van der Waals surface area contributed by atoms with E-state index in [1.54, 1.807) is 0 Å². The maximum atomic E-state index is 9.36. The molecule has 2 atom stereocenters. The molecule has 1 fully saturated rings. The molecule has 0 spiro atoms. The van der Waals surface area contributed by atoms with Gasteiger partial charge in [0.15, 0.2) is 0 Å². The number of ether oxygens (including phenoxy) is 1. The predicted octanol–water partition coefficient (Wildman–Crippen LogP) is -0.502. The second-order valence-corrected chi connectivity index (χ2v) is 3.45. The number of hydrogen-bond acceptors (Lipinski definition) is 4. The third-order valence-corrected chi connectivity index (χ3v) is 2.29. The molecule has 1 rings (SSSR count). The highest BCUT2D eigenvalue weighted by atomic mass is 16.5. The predicted molar refractivity (Wildman–Crippen MR) is 49.6 cm³/mol. The molecule has 1 heterocycles. The molecule has 0 aromatic carbocycles. The summed E-state index contributed by atoms with van der Waals surface area (Å²) in [4.78, 5) is 0. The SMILES string of the molecule is OCCCCCN[C@@H]1COC[C@H]1O. The van der Waals surface area contributed by atoms with Crippen molar-refractivity contribution in [3.05, 3.63) is 0 Å². The van der Waals surface area contributed by atoms with Crippen LogP contribution in [0.3, 0.4) is 0 Å². The third-order valence-electron chi connectivity index (χ3n) is 2.29. The van der Waals surface area contributed by atoms with Crippen molar-refractivity contribution in [2.75, 3.05) is 26.4 Å². The molecule has 78 valence electrons. The molecule has 0 radical (unpaired) electrons. The van der Waals surface area contributed by atoms with Crippen molar-refractivity contribution >= 4 is 0 Å². The minimum atomic E-state index is -0.349. The van der Waals surface area contributed by atoms with Crippen molar-refractivity contribution in [2.24, 2.45) is 0 Å². The summed E-state index contributed by atoms with van der Waals surface area (Å²) >= 11 is 0. The fourth-order valence-corrected chi connectivity index (χ4v) is 1.44. The van der Waals surface area contributed by atoms with Crippen LogP contribution in [0, 0.1) is 0 Å². The zero-order valence-electron chi connectivity index (χ0n) is 7.91. The average Bonchev–Trinajstić information content (AvgIpc) is 2.52. The average molecular weight is 189 g/mol. The first-order valence-electron chi connectivity index (χ1n) is 4.94. The van der Waals surface area contributed by atoms with Crippen molar-refractivity contribution in [3.8, 4) is 0 Å². The second kappa shape index (κ2) is 6.32. The van der Waals surface area contributed by atoms with Crippen molar-refractivity contribution in [1.82, 2.24) is 5.32 Å². The smallest absolute Gasteiger partial charge is 0.0948 e. The number of nitrogens with one attached hydrogen (secondary N) is 1. The van der Waals surface area contributed by atoms with Gasteiger partial charge in [0.25, 0.3) is 0 Å². The molecule has 0 aromatic heterocycles. The van der Waals surface area contributed by atoms with E-state index in [0.717, 1.165) is 25.8 Å². The molecule has 0 bridgehead atoms. The Bertz CT molecular complexity index is 132. The van der Waals surface area contributed by atoms with Gasteiger partial charge in [-0.2, -0.15) is 0 Å². The lowest BCUT2D eigenvalue weighted by molar-refractivity contribution is 0.122. The highest BCUT2D eigenvalue weighted by Crippen LogP contribution is 2.05. The largest absolute Gasteiger partial charge is 0.396 e. The summed E-state index contributed by atoms with van der Waals surface area (Å²) < 4.78 is 5.10. The number of aliphatic hydroxyl groups is 2. The Labute approximate surface area is 78.9 Å². The minimum Gasteiger partial charge on any atom is -0.396 e. The molecule has 13 heavy (non-hydrogen) atoms. The molecule has 0 unspecified atom stereocenters. The Balaban J connectivity index is 1.93. The van der Waals surface area contributed by atoms with E-state index in [0.29, 0.717) is 13.2 Å². The van der Waals surface area contributed by atoms with Gasteiger partial charge in [0, 0.05) is 6.61 Å². The van der Waals surface area contributed by atoms with Crippen LogP contribution in [0.4, 0.5) is 0 Å². The number of hydrogen-bond donors (Lipinski definition) is 3. The van der Waals surface area contributed by atoms with Crippen LogP contribution < -0.4 is 5.32 Å². The summed E-state index contributed by atoms with van der Waals surface area (Å²) in [7, 11) is 0. The summed E-state index contributed by atoms with van der Waals surface area (Å²) in [6, 6.07) is 0.106. The van der Waals surface area contributed by atoms with Gasteiger partial charge in [-0.3, -0.25) is 0 Å². The summed E-state index contributed by atoms with van der Waals surface area (Å²) in [6.07, 6.45) is 2.60. The van der Waals surface area contributed by atoms with Gasteiger partial charge in [-0.1, -0.05) is 0 Å². The van der Waals surface area contributed by atoms with Crippen LogP contribution in [0.25, 0.3) is 0 Å². The first kappa shape index (κ1) is 10.9. The molecule has 0 saturated carbocycles. The van der Waals surface area contributed by atoms with Gasteiger partial charge >= 0.3 is 0 Å². The highest BCUT2D eigenvalue weighted by molar-refractivity contribution is 4.80. The molecule has 1 saturated heterocycles. The zero-order valence-corrected chi connectivity index (χ0v) is 7.91. The fourth-order valence-electron chi connectivity index (χ4n) is 1.44. The molecule has 0 aromatic rings. The molecule has 1 aliphatic rings. The summed E-state index contributed by atoms with van der Waals surface area (Å²) in [5.74, 6) is 0. The van der Waals surface area contributed by atoms with Crippen molar-refractivity contribution in [1.29, 1.82) is 0 Å². The van der Waals surface area contributed by atoms with Gasteiger partial charge in [-0.25, -0.2) is 0 Å². The Hall–Kier alpha value is -0.160. The van der Waals surface area contributed by atoms with Crippen LogP contribution in [0.15, 0.2) is 0 Å². The van der Waals surface area contributed by atoms with Crippen molar-refractivity contribution in [2.45, 2.75) is 31.4 Å². The lowest BCUT2D eigenvalue weighted by Gasteiger charge is -2.13. The van der Waals surface area contributed by atoms with E-state index in [1.807, 2.05) is 0 Å². The zero-order chi connectivity index (χ0) is 9.52. The van der Waals surface area contributed by atoms with E-state index in [2.05, 4.69) is 5.32 Å². The Kier molecular flexibility index (Phi) is 5.31. The van der Waals surface area contributed by atoms with Crippen LogP contribution in [0.5, 0.6) is 0 Å². The van der Waals surface area contributed by atoms with Gasteiger partial charge in [-0.05, 0) is 25.8 Å². The van der Waals surface area contributed by atoms with Crippen LogP contribution in [0.1, 0.15) is 19.3 Å². The monoisotopic (exact) mass is 189 g/mol. The number of aliphatic hydroxyl groups excluding tert-OH is 2. The Morgan fingerprint density at radius 2 is 2.08 bits per heavy atom. The second-order valence-electron chi connectivity index (χ2n) is 3.45. The van der Waals surface area contributed by atoms with Crippen LogP contribution in [0.2, 0.25) is 0 Å². The summed E-state index contributed by atoms with van der Waals surface area (Å²) in [5.41, 5.74) is 0. The molecule has 0 amide bonds. The van der Waals surface area contributed by atoms with Crippen LogP contribution >= 0.6 is 0 Å². The quantitative estimate of drug-likeness (QED) is 0.493. The van der Waals surface area contributed by atoms with Crippen molar-refractivity contribution in [3.63, 3.8) is 0 Å². The van der Waals surface area contributed by atoms with E-state index < -0.39 is 0 Å². The number of unbranched alkanes of at least 4 members (excludes halogenated alkanes) is 2. The maximum Gasteiger partial charge on any atom is 0.0948 e. The van der Waals surface area contributed by atoms with E-state index in [4.69, 9.17) is 9.84 Å².